The third-order valence-corrected chi connectivity index (χ3v) is 8.97. The predicted molar refractivity (Wildman–Crippen MR) is 132 cm³/mol. The molecule has 0 unspecified atom stereocenters. The fraction of sp³-hybridized carbons (Fsp3) is 0.714. The SMILES string of the molecule is CC(C)[C@H](NC(=O)C12CC3CC(CC(C3)C1)C2)C(=O)NC[C@H](c1ccc(F)cc1)N1CCOCC1. The molecule has 5 fully saturated rings. The molecule has 2 N–H and O–H groups in total. The predicted octanol–water partition coefficient (Wildman–Crippen LogP) is 3.67. The van der Waals surface area contributed by atoms with Crippen molar-refractivity contribution in [2.24, 2.45) is 29.1 Å². The lowest BCUT2D eigenvalue weighted by atomic mass is 9.49. The van der Waals surface area contributed by atoms with Crippen LogP contribution in [0.15, 0.2) is 24.3 Å². The summed E-state index contributed by atoms with van der Waals surface area (Å²) in [6.07, 6.45) is 6.82. The van der Waals surface area contributed by atoms with Gasteiger partial charge in [-0.25, -0.2) is 4.39 Å². The Morgan fingerprint density at radius 2 is 1.60 bits per heavy atom. The standard InChI is InChI=1S/C28H40FN3O3/c1-18(2)25(31-27(34)28-14-19-11-20(15-28)13-21(12-19)16-28)26(33)30-17-24(32-7-9-35-10-8-32)22-3-5-23(29)6-4-22/h3-6,18-21,24-25H,7-17H2,1-2H3,(H,30,33)(H,31,34)/t19?,20?,21?,24-,25+,28?/m1/s1. The zero-order valence-corrected chi connectivity index (χ0v) is 21.1. The van der Waals surface area contributed by atoms with Crippen LogP contribution in [0, 0.1) is 34.9 Å². The zero-order valence-electron chi connectivity index (χ0n) is 21.1. The molecule has 0 radical (unpaired) electrons. The maximum Gasteiger partial charge on any atom is 0.242 e. The Morgan fingerprint density at radius 1 is 1.03 bits per heavy atom. The van der Waals surface area contributed by atoms with E-state index in [-0.39, 0.29) is 35.0 Å². The van der Waals surface area contributed by atoms with Gasteiger partial charge in [0, 0.05) is 25.0 Å². The largest absolute Gasteiger partial charge is 0.379 e. The number of morpholine rings is 1. The van der Waals surface area contributed by atoms with Crippen molar-refractivity contribution in [2.45, 2.75) is 64.5 Å². The molecule has 0 spiro atoms. The fourth-order valence-corrected chi connectivity index (χ4v) is 7.56. The summed E-state index contributed by atoms with van der Waals surface area (Å²) in [7, 11) is 0. The monoisotopic (exact) mass is 485 g/mol. The Bertz CT molecular complexity index is 877. The first kappa shape index (κ1) is 24.7. The normalized spacial score (nSPS) is 31.8. The molecule has 4 saturated carbocycles. The van der Waals surface area contributed by atoms with Crippen LogP contribution in [-0.4, -0.2) is 55.6 Å². The second-order valence-corrected chi connectivity index (χ2v) is 11.9. The molecule has 7 heteroatoms. The van der Waals surface area contributed by atoms with E-state index >= 15 is 0 Å². The highest BCUT2D eigenvalue weighted by Crippen LogP contribution is 2.60. The van der Waals surface area contributed by atoms with Gasteiger partial charge in [-0.15, -0.1) is 0 Å². The molecule has 6 nitrogen and oxygen atoms in total. The minimum atomic E-state index is -0.561. The second-order valence-electron chi connectivity index (χ2n) is 11.9. The number of carbonyl (C=O) groups is 2. The number of rotatable bonds is 8. The quantitative estimate of drug-likeness (QED) is 0.590. The molecule has 192 valence electrons. The van der Waals surface area contributed by atoms with E-state index in [2.05, 4.69) is 15.5 Å². The maximum absolute atomic E-state index is 13.6. The number of hydrogen-bond acceptors (Lipinski definition) is 4. The number of nitrogens with zero attached hydrogens (tertiary/aromatic N) is 1. The lowest BCUT2D eigenvalue weighted by Crippen LogP contribution is -2.58. The zero-order chi connectivity index (χ0) is 24.6. The van der Waals surface area contributed by atoms with Crippen molar-refractivity contribution in [1.82, 2.24) is 15.5 Å². The summed E-state index contributed by atoms with van der Waals surface area (Å²) in [6, 6.07) is 5.87. The summed E-state index contributed by atoms with van der Waals surface area (Å²) < 4.78 is 19.1. The van der Waals surface area contributed by atoms with Crippen molar-refractivity contribution in [3.05, 3.63) is 35.6 Å². The van der Waals surface area contributed by atoms with E-state index in [1.165, 1.54) is 31.4 Å². The summed E-state index contributed by atoms with van der Waals surface area (Å²) in [5.74, 6) is 1.72. The molecule has 5 aliphatic rings. The number of carbonyl (C=O) groups excluding carboxylic acids is 2. The van der Waals surface area contributed by atoms with Crippen LogP contribution in [0.4, 0.5) is 4.39 Å². The van der Waals surface area contributed by atoms with Gasteiger partial charge in [-0.2, -0.15) is 0 Å². The number of hydrogen-bond donors (Lipinski definition) is 2. The first-order valence-electron chi connectivity index (χ1n) is 13.5. The van der Waals surface area contributed by atoms with Gasteiger partial charge in [0.2, 0.25) is 11.8 Å². The lowest BCUT2D eigenvalue weighted by Gasteiger charge is -2.55. The topological polar surface area (TPSA) is 70.7 Å². The second kappa shape index (κ2) is 10.2. The minimum absolute atomic E-state index is 0.0134. The van der Waals surface area contributed by atoms with Crippen LogP contribution in [0.3, 0.4) is 0 Å². The van der Waals surface area contributed by atoms with Crippen molar-refractivity contribution in [2.75, 3.05) is 32.8 Å². The van der Waals surface area contributed by atoms with Crippen molar-refractivity contribution in [1.29, 1.82) is 0 Å². The van der Waals surface area contributed by atoms with Crippen LogP contribution in [0.1, 0.15) is 64.0 Å². The van der Waals surface area contributed by atoms with Gasteiger partial charge in [-0.1, -0.05) is 26.0 Å². The molecular weight excluding hydrogens is 445 g/mol. The van der Waals surface area contributed by atoms with E-state index in [4.69, 9.17) is 4.74 Å². The van der Waals surface area contributed by atoms with Gasteiger partial charge in [-0.3, -0.25) is 14.5 Å². The van der Waals surface area contributed by atoms with Crippen molar-refractivity contribution in [3.63, 3.8) is 0 Å². The van der Waals surface area contributed by atoms with Crippen LogP contribution < -0.4 is 10.6 Å². The van der Waals surface area contributed by atoms with Gasteiger partial charge >= 0.3 is 0 Å². The molecule has 1 heterocycles. The molecule has 1 aliphatic heterocycles. The van der Waals surface area contributed by atoms with Gasteiger partial charge in [0.05, 0.1) is 19.3 Å². The molecule has 0 aromatic heterocycles. The number of nitrogens with one attached hydrogen (secondary N) is 2. The molecular formula is C28H40FN3O3. The Hall–Kier alpha value is -1.99. The van der Waals surface area contributed by atoms with Gasteiger partial charge in [0.15, 0.2) is 0 Å². The number of benzene rings is 1. The van der Waals surface area contributed by atoms with Crippen LogP contribution in [0.2, 0.25) is 0 Å². The summed E-state index contributed by atoms with van der Waals surface area (Å²) in [5.41, 5.74) is 0.694. The Balaban J connectivity index is 1.25. The number of halogens is 1. The first-order valence-corrected chi connectivity index (χ1v) is 13.5. The van der Waals surface area contributed by atoms with Crippen molar-refractivity contribution < 1.29 is 18.7 Å². The number of amides is 2. The number of ether oxygens (including phenoxy) is 1. The van der Waals surface area contributed by atoms with E-state index in [1.54, 1.807) is 12.1 Å². The van der Waals surface area contributed by atoms with Crippen LogP contribution in [0.5, 0.6) is 0 Å². The summed E-state index contributed by atoms with van der Waals surface area (Å²) in [5, 5.41) is 6.31. The van der Waals surface area contributed by atoms with Crippen LogP contribution in [-0.2, 0) is 14.3 Å². The molecule has 1 aromatic rings. The fourth-order valence-electron chi connectivity index (χ4n) is 7.56. The van der Waals surface area contributed by atoms with Crippen molar-refractivity contribution >= 4 is 11.8 Å². The lowest BCUT2D eigenvalue weighted by molar-refractivity contribution is -0.149. The molecule has 6 rings (SSSR count). The third-order valence-electron chi connectivity index (χ3n) is 8.97. The Morgan fingerprint density at radius 3 is 2.14 bits per heavy atom. The maximum atomic E-state index is 13.6. The van der Waals surface area contributed by atoms with Gasteiger partial charge in [0.1, 0.15) is 11.9 Å². The average Bonchev–Trinajstić information content (AvgIpc) is 2.83. The highest BCUT2D eigenvalue weighted by molar-refractivity contribution is 5.90. The highest BCUT2D eigenvalue weighted by Gasteiger charge is 2.55. The van der Waals surface area contributed by atoms with Crippen molar-refractivity contribution in [3.8, 4) is 0 Å². The average molecular weight is 486 g/mol. The molecule has 35 heavy (non-hydrogen) atoms. The van der Waals surface area contributed by atoms with E-state index in [0.29, 0.717) is 37.5 Å². The molecule has 2 amide bonds. The summed E-state index contributed by atoms with van der Waals surface area (Å²) >= 11 is 0. The molecule has 1 aromatic carbocycles. The first-order chi connectivity index (χ1) is 16.8. The summed E-state index contributed by atoms with van der Waals surface area (Å²) in [4.78, 5) is 29.3. The molecule has 4 aliphatic carbocycles. The molecule has 1 saturated heterocycles. The van der Waals surface area contributed by atoms with Crippen LogP contribution >= 0.6 is 0 Å². The van der Waals surface area contributed by atoms with E-state index in [0.717, 1.165) is 37.9 Å². The van der Waals surface area contributed by atoms with Gasteiger partial charge < -0.3 is 15.4 Å². The van der Waals surface area contributed by atoms with E-state index < -0.39 is 6.04 Å². The summed E-state index contributed by atoms with van der Waals surface area (Å²) in [6.45, 7) is 7.18. The Labute approximate surface area is 208 Å². The van der Waals surface area contributed by atoms with E-state index in [1.807, 2.05) is 13.8 Å². The van der Waals surface area contributed by atoms with Crippen LogP contribution in [0.25, 0.3) is 0 Å². The smallest absolute Gasteiger partial charge is 0.242 e. The molecule has 4 bridgehead atoms. The van der Waals surface area contributed by atoms with E-state index in [9.17, 15) is 14.0 Å². The van der Waals surface area contributed by atoms with Gasteiger partial charge in [-0.05, 0) is 79.9 Å². The Kier molecular flexibility index (Phi) is 7.18. The molecule has 2 atom stereocenters. The van der Waals surface area contributed by atoms with Gasteiger partial charge in [0.25, 0.3) is 0 Å². The third kappa shape index (κ3) is 5.26. The minimum Gasteiger partial charge on any atom is -0.379 e. The highest BCUT2D eigenvalue weighted by atomic mass is 19.1.